The Hall–Kier alpha value is -1.10. The smallest absolute Gasteiger partial charge is 0.409 e. The molecule has 0 aromatic carbocycles. The SMILES string of the molecule is CCOC(=O)N1CCC(NC(=NC)NCCc2csc(C)n2)CC1.I. The fourth-order valence-corrected chi connectivity index (χ4v) is 3.29. The number of aromatic nitrogens is 1. The zero-order valence-electron chi connectivity index (χ0n) is 15.1. The molecule has 1 aliphatic heterocycles. The van der Waals surface area contributed by atoms with Gasteiger partial charge >= 0.3 is 6.09 Å². The zero-order chi connectivity index (χ0) is 17.4. The number of amides is 1. The molecule has 2 heterocycles. The Bertz CT molecular complexity index is 558. The highest BCUT2D eigenvalue weighted by Crippen LogP contribution is 2.11. The van der Waals surface area contributed by atoms with E-state index in [4.69, 9.17) is 4.74 Å². The third-order valence-electron chi connectivity index (χ3n) is 3.93. The molecule has 1 aromatic rings. The molecule has 7 nitrogen and oxygen atoms in total. The number of guanidine groups is 1. The van der Waals surface area contributed by atoms with Gasteiger partial charge in [-0.05, 0) is 26.7 Å². The van der Waals surface area contributed by atoms with Crippen molar-refractivity contribution in [3.8, 4) is 0 Å². The third-order valence-corrected chi connectivity index (χ3v) is 4.75. The molecule has 1 fully saturated rings. The molecule has 142 valence electrons. The second-order valence-electron chi connectivity index (χ2n) is 5.71. The molecular formula is C16H28IN5O2S. The summed E-state index contributed by atoms with van der Waals surface area (Å²) in [6.45, 7) is 6.49. The predicted octanol–water partition coefficient (Wildman–Crippen LogP) is 2.40. The van der Waals surface area contributed by atoms with Crippen LogP contribution in [0.25, 0.3) is 0 Å². The first-order chi connectivity index (χ1) is 11.6. The summed E-state index contributed by atoms with van der Waals surface area (Å²) >= 11 is 1.68. The molecule has 1 saturated heterocycles. The van der Waals surface area contributed by atoms with Crippen LogP contribution in [0.3, 0.4) is 0 Å². The monoisotopic (exact) mass is 481 g/mol. The van der Waals surface area contributed by atoms with Crippen LogP contribution < -0.4 is 10.6 Å². The van der Waals surface area contributed by atoms with Crippen LogP contribution >= 0.6 is 35.3 Å². The summed E-state index contributed by atoms with van der Waals surface area (Å²) < 4.78 is 5.04. The number of piperidine rings is 1. The van der Waals surface area contributed by atoms with Crippen molar-refractivity contribution >= 4 is 47.4 Å². The van der Waals surface area contributed by atoms with E-state index < -0.39 is 0 Å². The lowest BCUT2D eigenvalue weighted by Crippen LogP contribution is -2.50. The lowest BCUT2D eigenvalue weighted by atomic mass is 10.1. The van der Waals surface area contributed by atoms with Gasteiger partial charge in [0.25, 0.3) is 0 Å². The van der Waals surface area contributed by atoms with Gasteiger partial charge in [0.2, 0.25) is 0 Å². The number of halogens is 1. The van der Waals surface area contributed by atoms with E-state index in [9.17, 15) is 4.79 Å². The highest BCUT2D eigenvalue weighted by atomic mass is 127. The molecule has 2 rings (SSSR count). The minimum Gasteiger partial charge on any atom is -0.450 e. The molecule has 0 bridgehead atoms. The van der Waals surface area contributed by atoms with Gasteiger partial charge in [-0.15, -0.1) is 35.3 Å². The second-order valence-corrected chi connectivity index (χ2v) is 6.77. The summed E-state index contributed by atoms with van der Waals surface area (Å²) in [6.07, 6.45) is 2.46. The van der Waals surface area contributed by atoms with Crippen LogP contribution in [0.5, 0.6) is 0 Å². The largest absolute Gasteiger partial charge is 0.450 e. The van der Waals surface area contributed by atoms with Gasteiger partial charge in [-0.25, -0.2) is 9.78 Å². The standard InChI is InChI=1S/C16H27N5O2S.HI/c1-4-23-16(22)21-9-6-13(7-10-21)20-15(17-3)18-8-5-14-11-24-12(2)19-14;/h11,13H,4-10H2,1-3H3,(H2,17,18,20);1H. The first-order valence-corrected chi connectivity index (χ1v) is 9.30. The Morgan fingerprint density at radius 1 is 1.48 bits per heavy atom. The quantitative estimate of drug-likeness (QED) is 0.384. The van der Waals surface area contributed by atoms with Crippen molar-refractivity contribution in [3.05, 3.63) is 16.1 Å². The lowest BCUT2D eigenvalue weighted by Gasteiger charge is -2.32. The van der Waals surface area contributed by atoms with Crippen LogP contribution in [0.1, 0.15) is 30.5 Å². The highest BCUT2D eigenvalue weighted by Gasteiger charge is 2.23. The minimum absolute atomic E-state index is 0. The number of likely N-dealkylation sites (tertiary alicyclic amines) is 1. The number of aliphatic imine (C=N–C) groups is 1. The number of carbonyl (C=O) groups is 1. The number of hydrogen-bond acceptors (Lipinski definition) is 5. The van der Waals surface area contributed by atoms with Gasteiger partial charge in [0, 0.05) is 44.5 Å². The van der Waals surface area contributed by atoms with Gasteiger partial charge in [0.1, 0.15) is 0 Å². The van der Waals surface area contributed by atoms with Crippen LogP contribution in [-0.2, 0) is 11.2 Å². The molecule has 0 unspecified atom stereocenters. The van der Waals surface area contributed by atoms with E-state index in [0.717, 1.165) is 42.5 Å². The van der Waals surface area contributed by atoms with E-state index in [0.29, 0.717) is 25.7 Å². The molecule has 1 aliphatic rings. The first-order valence-electron chi connectivity index (χ1n) is 8.42. The maximum Gasteiger partial charge on any atom is 0.409 e. The van der Waals surface area contributed by atoms with Crippen molar-refractivity contribution in [1.82, 2.24) is 20.5 Å². The van der Waals surface area contributed by atoms with Crippen LogP contribution in [0.2, 0.25) is 0 Å². The van der Waals surface area contributed by atoms with E-state index in [1.165, 1.54) is 0 Å². The molecule has 1 amide bonds. The summed E-state index contributed by atoms with van der Waals surface area (Å²) in [5, 5.41) is 9.95. The predicted molar refractivity (Wildman–Crippen MR) is 112 cm³/mol. The number of aryl methyl sites for hydroxylation is 1. The molecule has 1 aromatic heterocycles. The van der Waals surface area contributed by atoms with Gasteiger partial charge in [-0.1, -0.05) is 0 Å². The number of carbonyl (C=O) groups excluding carboxylic acids is 1. The van der Waals surface area contributed by atoms with E-state index in [1.807, 2.05) is 13.8 Å². The summed E-state index contributed by atoms with van der Waals surface area (Å²) in [6, 6.07) is 0.323. The highest BCUT2D eigenvalue weighted by molar-refractivity contribution is 14.0. The molecule has 25 heavy (non-hydrogen) atoms. The first kappa shape index (κ1) is 21.9. The van der Waals surface area contributed by atoms with Crippen LogP contribution in [0.4, 0.5) is 4.79 Å². The molecule has 0 atom stereocenters. The molecule has 0 radical (unpaired) electrons. The van der Waals surface area contributed by atoms with Crippen LogP contribution in [-0.4, -0.2) is 61.3 Å². The summed E-state index contributed by atoms with van der Waals surface area (Å²) in [7, 11) is 1.77. The Kier molecular flexibility index (Phi) is 10.1. The van der Waals surface area contributed by atoms with Crippen molar-refractivity contribution in [2.45, 2.75) is 39.2 Å². The number of hydrogen-bond donors (Lipinski definition) is 2. The van der Waals surface area contributed by atoms with Crippen molar-refractivity contribution in [1.29, 1.82) is 0 Å². The maximum absolute atomic E-state index is 11.7. The van der Waals surface area contributed by atoms with Gasteiger partial charge in [0.05, 0.1) is 17.3 Å². The minimum atomic E-state index is -0.211. The molecule has 0 saturated carbocycles. The number of nitrogens with zero attached hydrogens (tertiary/aromatic N) is 3. The number of nitrogens with one attached hydrogen (secondary N) is 2. The summed E-state index contributed by atoms with van der Waals surface area (Å²) in [5.41, 5.74) is 1.11. The van der Waals surface area contributed by atoms with Gasteiger partial charge in [-0.3, -0.25) is 4.99 Å². The van der Waals surface area contributed by atoms with Crippen molar-refractivity contribution in [2.75, 3.05) is 33.3 Å². The maximum atomic E-state index is 11.7. The lowest BCUT2D eigenvalue weighted by molar-refractivity contribution is 0.0963. The fourth-order valence-electron chi connectivity index (χ4n) is 2.64. The molecule has 0 spiro atoms. The summed E-state index contributed by atoms with van der Waals surface area (Å²) in [4.78, 5) is 22.2. The van der Waals surface area contributed by atoms with Crippen LogP contribution in [0, 0.1) is 6.92 Å². The Labute approximate surface area is 170 Å². The molecule has 0 aliphatic carbocycles. The average molecular weight is 481 g/mol. The topological polar surface area (TPSA) is 78.8 Å². The summed E-state index contributed by atoms with van der Waals surface area (Å²) in [5.74, 6) is 0.802. The average Bonchev–Trinajstić information content (AvgIpc) is 3.00. The molecule has 9 heteroatoms. The van der Waals surface area contributed by atoms with Gasteiger partial charge in [-0.2, -0.15) is 0 Å². The number of thiazole rings is 1. The molecule has 2 N–H and O–H groups in total. The van der Waals surface area contributed by atoms with Crippen molar-refractivity contribution < 1.29 is 9.53 Å². The Balaban J connectivity index is 0.00000312. The zero-order valence-corrected chi connectivity index (χ0v) is 18.2. The van der Waals surface area contributed by atoms with Gasteiger partial charge in [0.15, 0.2) is 5.96 Å². The normalized spacial score (nSPS) is 15.5. The number of rotatable bonds is 5. The van der Waals surface area contributed by atoms with Gasteiger partial charge < -0.3 is 20.3 Å². The van der Waals surface area contributed by atoms with Crippen LogP contribution in [0.15, 0.2) is 10.4 Å². The van der Waals surface area contributed by atoms with E-state index in [1.54, 1.807) is 23.3 Å². The third kappa shape index (κ3) is 7.35. The molecular weight excluding hydrogens is 453 g/mol. The Morgan fingerprint density at radius 2 is 2.20 bits per heavy atom. The fraction of sp³-hybridized carbons (Fsp3) is 0.688. The van der Waals surface area contributed by atoms with Crippen molar-refractivity contribution in [3.63, 3.8) is 0 Å². The van der Waals surface area contributed by atoms with E-state index in [2.05, 4.69) is 26.0 Å². The Morgan fingerprint density at radius 3 is 2.76 bits per heavy atom. The van der Waals surface area contributed by atoms with E-state index in [-0.39, 0.29) is 30.1 Å². The van der Waals surface area contributed by atoms with E-state index >= 15 is 0 Å². The number of ether oxygens (including phenoxy) is 1. The second kappa shape index (κ2) is 11.5. The van der Waals surface area contributed by atoms with Crippen molar-refractivity contribution in [2.24, 2.45) is 4.99 Å².